The van der Waals surface area contributed by atoms with Gasteiger partial charge in [0.2, 0.25) is 0 Å². The van der Waals surface area contributed by atoms with Crippen molar-refractivity contribution in [3.8, 4) is 5.75 Å². The Morgan fingerprint density at radius 3 is 2.28 bits per heavy atom. The summed E-state index contributed by atoms with van der Waals surface area (Å²) >= 11 is 0. The molecule has 0 spiro atoms. The lowest BCUT2D eigenvalue weighted by Gasteiger charge is -2.24. The van der Waals surface area contributed by atoms with E-state index in [4.69, 9.17) is 10.5 Å². The van der Waals surface area contributed by atoms with Crippen LogP contribution in [0.4, 0.5) is 0 Å². The molecule has 18 heavy (non-hydrogen) atoms. The van der Waals surface area contributed by atoms with Gasteiger partial charge in [-0.1, -0.05) is 26.8 Å². The summed E-state index contributed by atoms with van der Waals surface area (Å²) in [5, 5.41) is 0. The molecule has 100 valence electrons. The molecule has 0 saturated heterocycles. The summed E-state index contributed by atoms with van der Waals surface area (Å²) in [6.45, 7) is 9.98. The van der Waals surface area contributed by atoms with E-state index in [0.717, 1.165) is 11.1 Å². The Morgan fingerprint density at radius 2 is 1.89 bits per heavy atom. The minimum atomic E-state index is -0.520. The van der Waals surface area contributed by atoms with Crippen LogP contribution in [0.2, 0.25) is 0 Å². The van der Waals surface area contributed by atoms with Gasteiger partial charge in [0.05, 0.1) is 18.7 Å². The van der Waals surface area contributed by atoms with Crippen LogP contribution in [0.1, 0.15) is 49.2 Å². The van der Waals surface area contributed by atoms with Crippen molar-refractivity contribution < 1.29 is 9.53 Å². The lowest BCUT2D eigenvalue weighted by molar-refractivity contribution is 0.0964. The molecule has 1 aromatic rings. The van der Waals surface area contributed by atoms with E-state index in [1.807, 2.05) is 13.0 Å². The van der Waals surface area contributed by atoms with Crippen LogP contribution >= 0.6 is 0 Å². The van der Waals surface area contributed by atoms with Gasteiger partial charge in [0.1, 0.15) is 5.75 Å². The van der Waals surface area contributed by atoms with Gasteiger partial charge in [0.25, 0.3) is 0 Å². The molecule has 0 fully saturated rings. The molecule has 1 unspecified atom stereocenters. The van der Waals surface area contributed by atoms with E-state index in [9.17, 15) is 4.79 Å². The Bertz CT molecular complexity index is 456. The van der Waals surface area contributed by atoms with Crippen LogP contribution in [0.5, 0.6) is 5.75 Å². The summed E-state index contributed by atoms with van der Waals surface area (Å²) < 4.78 is 5.45. The number of rotatable bonds is 3. The second-order valence-corrected chi connectivity index (χ2v) is 5.80. The molecule has 0 heterocycles. The number of carbonyl (C=O) groups excluding carboxylic acids is 1. The maximum atomic E-state index is 12.2. The van der Waals surface area contributed by atoms with E-state index in [-0.39, 0.29) is 11.2 Å². The summed E-state index contributed by atoms with van der Waals surface area (Å²) in [4.78, 5) is 12.2. The largest absolute Gasteiger partial charge is 0.496 e. The number of ketones is 1. The number of hydrogen-bond acceptors (Lipinski definition) is 3. The van der Waals surface area contributed by atoms with Gasteiger partial charge < -0.3 is 10.5 Å². The Balaban J connectivity index is 3.53. The number of ether oxygens (including phenoxy) is 1. The van der Waals surface area contributed by atoms with Gasteiger partial charge in [0.15, 0.2) is 5.78 Å². The average molecular weight is 249 g/mol. The van der Waals surface area contributed by atoms with Gasteiger partial charge in [-0.25, -0.2) is 0 Å². The van der Waals surface area contributed by atoms with E-state index in [0.29, 0.717) is 11.3 Å². The first-order chi connectivity index (χ1) is 8.18. The van der Waals surface area contributed by atoms with Crippen molar-refractivity contribution in [1.82, 2.24) is 0 Å². The third-order valence-electron chi connectivity index (χ3n) is 2.92. The first-order valence-electron chi connectivity index (χ1n) is 6.17. The maximum absolute atomic E-state index is 12.2. The lowest BCUT2D eigenvalue weighted by Crippen LogP contribution is -2.28. The summed E-state index contributed by atoms with van der Waals surface area (Å²) in [7, 11) is 1.60. The molecule has 0 aliphatic heterocycles. The predicted octanol–water partition coefficient (Wildman–Crippen LogP) is 2.83. The van der Waals surface area contributed by atoms with Crippen molar-refractivity contribution in [3.05, 3.63) is 28.8 Å². The zero-order valence-electron chi connectivity index (χ0n) is 12.1. The van der Waals surface area contributed by atoms with Crippen LogP contribution in [0.15, 0.2) is 12.1 Å². The standard InChI is InChI=1S/C15H23NO2/c1-9-7-11(13(17)10(2)16)14(18-6)12(8-9)15(3,4)5/h7-8,10H,16H2,1-6H3. The van der Waals surface area contributed by atoms with Gasteiger partial charge >= 0.3 is 0 Å². The number of benzene rings is 1. The quantitative estimate of drug-likeness (QED) is 0.838. The molecular weight excluding hydrogens is 226 g/mol. The zero-order chi connectivity index (χ0) is 14.1. The molecule has 0 radical (unpaired) electrons. The van der Waals surface area contributed by atoms with Crippen molar-refractivity contribution in [3.63, 3.8) is 0 Å². The molecule has 0 bridgehead atoms. The van der Waals surface area contributed by atoms with Crippen molar-refractivity contribution in [2.24, 2.45) is 5.73 Å². The molecule has 3 heteroatoms. The van der Waals surface area contributed by atoms with E-state index in [1.165, 1.54) is 0 Å². The van der Waals surface area contributed by atoms with Gasteiger partial charge in [-0.3, -0.25) is 4.79 Å². The first kappa shape index (κ1) is 14.7. The Morgan fingerprint density at radius 1 is 1.33 bits per heavy atom. The predicted molar refractivity (Wildman–Crippen MR) is 74.4 cm³/mol. The third-order valence-corrected chi connectivity index (χ3v) is 2.92. The number of nitrogens with two attached hydrogens (primary N) is 1. The fourth-order valence-corrected chi connectivity index (χ4v) is 1.98. The molecule has 0 saturated carbocycles. The molecule has 0 aromatic heterocycles. The maximum Gasteiger partial charge on any atom is 0.182 e. The molecule has 3 nitrogen and oxygen atoms in total. The normalized spacial score (nSPS) is 13.3. The molecule has 0 amide bonds. The average Bonchev–Trinajstić information content (AvgIpc) is 2.25. The minimum absolute atomic E-state index is 0.0791. The Hall–Kier alpha value is -1.35. The van der Waals surface area contributed by atoms with Gasteiger partial charge in [0, 0.05) is 5.56 Å². The fraction of sp³-hybridized carbons (Fsp3) is 0.533. The van der Waals surface area contributed by atoms with Gasteiger partial charge in [-0.15, -0.1) is 0 Å². The first-order valence-corrected chi connectivity index (χ1v) is 6.17. The van der Waals surface area contributed by atoms with Gasteiger partial charge in [-0.05, 0) is 30.9 Å². The minimum Gasteiger partial charge on any atom is -0.496 e. The highest BCUT2D eigenvalue weighted by Gasteiger charge is 2.25. The zero-order valence-corrected chi connectivity index (χ0v) is 12.1. The van der Waals surface area contributed by atoms with Crippen molar-refractivity contribution in [1.29, 1.82) is 0 Å². The van der Waals surface area contributed by atoms with E-state index in [1.54, 1.807) is 14.0 Å². The smallest absolute Gasteiger partial charge is 0.182 e. The van der Waals surface area contributed by atoms with Crippen LogP contribution < -0.4 is 10.5 Å². The second-order valence-electron chi connectivity index (χ2n) is 5.80. The molecule has 0 aliphatic rings. The molecule has 1 atom stereocenters. The monoisotopic (exact) mass is 249 g/mol. The van der Waals surface area contributed by atoms with E-state index in [2.05, 4.69) is 26.8 Å². The van der Waals surface area contributed by atoms with Crippen molar-refractivity contribution in [2.45, 2.75) is 46.1 Å². The molecule has 1 rings (SSSR count). The summed E-state index contributed by atoms with van der Waals surface area (Å²) in [6.07, 6.45) is 0. The lowest BCUT2D eigenvalue weighted by atomic mass is 9.83. The van der Waals surface area contributed by atoms with E-state index < -0.39 is 6.04 Å². The molecule has 1 aromatic carbocycles. The summed E-state index contributed by atoms with van der Waals surface area (Å²) in [5.41, 5.74) is 8.28. The molecule has 2 N–H and O–H groups in total. The Kier molecular flexibility index (Phi) is 4.17. The highest BCUT2D eigenvalue weighted by atomic mass is 16.5. The summed E-state index contributed by atoms with van der Waals surface area (Å²) in [6, 6.07) is 3.39. The summed E-state index contributed by atoms with van der Waals surface area (Å²) in [5.74, 6) is 0.566. The van der Waals surface area contributed by atoms with Gasteiger partial charge in [-0.2, -0.15) is 0 Å². The van der Waals surface area contributed by atoms with Crippen LogP contribution in [0.3, 0.4) is 0 Å². The van der Waals surface area contributed by atoms with Crippen LogP contribution in [-0.2, 0) is 5.41 Å². The topological polar surface area (TPSA) is 52.3 Å². The highest BCUT2D eigenvalue weighted by molar-refractivity contribution is 6.02. The number of carbonyl (C=O) groups is 1. The van der Waals surface area contributed by atoms with Crippen LogP contribution in [0.25, 0.3) is 0 Å². The number of Topliss-reactive ketones (excluding diaryl/α,β-unsaturated/α-hetero) is 1. The van der Waals surface area contributed by atoms with Crippen molar-refractivity contribution >= 4 is 5.78 Å². The Labute approximate surface area is 109 Å². The van der Waals surface area contributed by atoms with Crippen molar-refractivity contribution in [2.75, 3.05) is 7.11 Å². The second kappa shape index (κ2) is 5.11. The number of aryl methyl sites for hydroxylation is 1. The highest BCUT2D eigenvalue weighted by Crippen LogP contribution is 2.35. The number of hydrogen-bond donors (Lipinski definition) is 1. The third kappa shape index (κ3) is 2.91. The molecular formula is C15H23NO2. The van der Waals surface area contributed by atoms with Crippen LogP contribution in [0, 0.1) is 6.92 Å². The van der Waals surface area contributed by atoms with E-state index >= 15 is 0 Å². The SMILES string of the molecule is COc1c(C(=O)C(C)N)cc(C)cc1C(C)(C)C. The fourth-order valence-electron chi connectivity index (χ4n) is 1.98. The van der Waals surface area contributed by atoms with Crippen LogP contribution in [-0.4, -0.2) is 18.9 Å². The number of methoxy groups -OCH3 is 1. The molecule has 0 aliphatic carbocycles.